The molecule has 0 amide bonds. The lowest BCUT2D eigenvalue weighted by atomic mass is 9.71. The summed E-state index contributed by atoms with van der Waals surface area (Å²) in [4.78, 5) is 0. The van der Waals surface area contributed by atoms with Crippen LogP contribution in [0, 0.1) is 11.3 Å². The van der Waals surface area contributed by atoms with Crippen LogP contribution in [0.15, 0.2) is 28.7 Å². The molecule has 0 aromatic heterocycles. The topological polar surface area (TPSA) is 9.23 Å². The van der Waals surface area contributed by atoms with Crippen LogP contribution in [-0.2, 0) is 4.74 Å². The Hall–Kier alpha value is 0.140. The molecule has 1 aromatic rings. The minimum atomic E-state index is 0.147. The minimum absolute atomic E-state index is 0.147. The normalized spacial score (nSPS) is 27.2. The van der Waals surface area contributed by atoms with Gasteiger partial charge in [0.2, 0.25) is 0 Å². The SMILES string of the molecule is CC1CC(OC(CBr)c2ccc(Br)cc2)CC(C)(C)C1. The Labute approximate surface area is 139 Å². The van der Waals surface area contributed by atoms with E-state index in [-0.39, 0.29) is 6.10 Å². The molecule has 2 rings (SSSR count). The summed E-state index contributed by atoms with van der Waals surface area (Å²) in [5.74, 6) is 0.754. The van der Waals surface area contributed by atoms with Gasteiger partial charge in [-0.15, -0.1) is 0 Å². The highest BCUT2D eigenvalue weighted by Gasteiger charge is 2.33. The first kappa shape index (κ1) is 16.5. The Morgan fingerprint density at radius 3 is 2.45 bits per heavy atom. The van der Waals surface area contributed by atoms with Gasteiger partial charge in [-0.2, -0.15) is 0 Å². The first-order valence-corrected chi connectivity index (χ1v) is 9.28. The summed E-state index contributed by atoms with van der Waals surface area (Å²) in [6.45, 7) is 7.07. The standard InChI is InChI=1S/C17H24Br2O/c1-12-8-15(10-17(2,3)9-12)20-16(11-18)13-4-6-14(19)7-5-13/h4-7,12,15-16H,8-11H2,1-3H3. The molecule has 1 aromatic carbocycles. The first-order chi connectivity index (χ1) is 9.39. The molecule has 3 unspecified atom stereocenters. The molecule has 3 heteroatoms. The van der Waals surface area contributed by atoms with Gasteiger partial charge in [0.05, 0.1) is 12.2 Å². The number of hydrogen-bond acceptors (Lipinski definition) is 1. The molecule has 0 saturated heterocycles. The van der Waals surface area contributed by atoms with Gasteiger partial charge in [0.1, 0.15) is 0 Å². The van der Waals surface area contributed by atoms with E-state index in [0.29, 0.717) is 11.5 Å². The largest absolute Gasteiger partial charge is 0.369 e. The predicted octanol–water partition coefficient (Wildman–Crippen LogP) is 6.12. The molecule has 112 valence electrons. The van der Waals surface area contributed by atoms with Gasteiger partial charge in [-0.1, -0.05) is 64.8 Å². The van der Waals surface area contributed by atoms with Crippen LogP contribution in [0.2, 0.25) is 0 Å². The fraction of sp³-hybridized carbons (Fsp3) is 0.647. The van der Waals surface area contributed by atoms with Crippen LogP contribution in [0.1, 0.15) is 51.7 Å². The summed E-state index contributed by atoms with van der Waals surface area (Å²) in [6.07, 6.45) is 4.18. The second kappa shape index (κ2) is 6.93. The summed E-state index contributed by atoms with van der Waals surface area (Å²) in [7, 11) is 0. The second-order valence-corrected chi connectivity index (χ2v) is 8.43. The average molecular weight is 404 g/mol. The van der Waals surface area contributed by atoms with Gasteiger partial charge in [-0.25, -0.2) is 0 Å². The van der Waals surface area contributed by atoms with Crippen LogP contribution in [-0.4, -0.2) is 11.4 Å². The maximum atomic E-state index is 6.41. The van der Waals surface area contributed by atoms with Crippen LogP contribution in [0.3, 0.4) is 0 Å². The van der Waals surface area contributed by atoms with Crippen molar-refractivity contribution in [3.63, 3.8) is 0 Å². The van der Waals surface area contributed by atoms with Crippen molar-refractivity contribution in [2.45, 2.75) is 52.2 Å². The Bertz CT molecular complexity index is 427. The summed E-state index contributed by atoms with van der Waals surface area (Å²) in [6, 6.07) is 8.46. The third-order valence-electron chi connectivity index (χ3n) is 4.09. The molecule has 0 heterocycles. The van der Waals surface area contributed by atoms with Gasteiger partial charge in [-0.3, -0.25) is 0 Å². The molecule has 0 N–H and O–H groups in total. The number of halogens is 2. The Morgan fingerprint density at radius 2 is 1.90 bits per heavy atom. The Balaban J connectivity index is 2.04. The van der Waals surface area contributed by atoms with Crippen LogP contribution >= 0.6 is 31.9 Å². The molecule has 1 nitrogen and oxygen atoms in total. The van der Waals surface area contributed by atoms with Crippen molar-refractivity contribution < 1.29 is 4.74 Å². The van der Waals surface area contributed by atoms with Crippen LogP contribution < -0.4 is 0 Å². The lowest BCUT2D eigenvalue weighted by molar-refractivity contribution is -0.0579. The Morgan fingerprint density at radius 1 is 1.25 bits per heavy atom. The second-order valence-electron chi connectivity index (χ2n) is 6.87. The zero-order chi connectivity index (χ0) is 14.8. The molecular weight excluding hydrogens is 380 g/mol. The molecule has 3 atom stereocenters. The van der Waals surface area contributed by atoms with Crippen molar-refractivity contribution in [1.82, 2.24) is 0 Å². The number of hydrogen-bond donors (Lipinski definition) is 0. The quantitative estimate of drug-likeness (QED) is 0.550. The highest BCUT2D eigenvalue weighted by Crippen LogP contribution is 2.41. The molecule has 20 heavy (non-hydrogen) atoms. The Kier molecular flexibility index (Phi) is 5.72. The minimum Gasteiger partial charge on any atom is -0.369 e. The van der Waals surface area contributed by atoms with E-state index in [1.54, 1.807) is 0 Å². The van der Waals surface area contributed by atoms with Crippen molar-refractivity contribution in [3.8, 4) is 0 Å². The summed E-state index contributed by atoms with van der Waals surface area (Å²) < 4.78 is 7.52. The van der Waals surface area contributed by atoms with Crippen LogP contribution in [0.25, 0.3) is 0 Å². The van der Waals surface area contributed by atoms with E-state index in [4.69, 9.17) is 4.74 Å². The van der Waals surface area contributed by atoms with E-state index in [0.717, 1.165) is 22.1 Å². The van der Waals surface area contributed by atoms with Gasteiger partial charge >= 0.3 is 0 Å². The molecule has 0 aliphatic heterocycles. The molecule has 1 saturated carbocycles. The maximum absolute atomic E-state index is 6.41. The summed E-state index contributed by atoms with van der Waals surface area (Å²) in [5.41, 5.74) is 1.65. The third kappa shape index (κ3) is 4.57. The third-order valence-corrected chi connectivity index (χ3v) is 5.20. The fourth-order valence-electron chi connectivity index (χ4n) is 3.48. The zero-order valence-electron chi connectivity index (χ0n) is 12.5. The predicted molar refractivity (Wildman–Crippen MR) is 92.3 cm³/mol. The van der Waals surface area contributed by atoms with Crippen molar-refractivity contribution in [3.05, 3.63) is 34.3 Å². The fourth-order valence-corrected chi connectivity index (χ4v) is 4.27. The summed E-state index contributed by atoms with van der Waals surface area (Å²) >= 11 is 7.09. The number of benzene rings is 1. The molecule has 1 aliphatic rings. The van der Waals surface area contributed by atoms with Crippen molar-refractivity contribution in [2.75, 3.05) is 5.33 Å². The number of ether oxygens (including phenoxy) is 1. The zero-order valence-corrected chi connectivity index (χ0v) is 15.7. The molecule has 0 spiro atoms. The van der Waals surface area contributed by atoms with Gasteiger partial charge < -0.3 is 4.74 Å². The summed E-state index contributed by atoms with van der Waals surface area (Å²) in [5, 5.41) is 0.847. The van der Waals surface area contributed by atoms with Gasteiger partial charge in [0.25, 0.3) is 0 Å². The van der Waals surface area contributed by atoms with E-state index in [1.807, 2.05) is 0 Å². The van der Waals surface area contributed by atoms with Crippen LogP contribution in [0.5, 0.6) is 0 Å². The van der Waals surface area contributed by atoms with Crippen LogP contribution in [0.4, 0.5) is 0 Å². The molecule has 1 aliphatic carbocycles. The smallest absolute Gasteiger partial charge is 0.0925 e. The highest BCUT2D eigenvalue weighted by molar-refractivity contribution is 9.10. The van der Waals surface area contributed by atoms with Gasteiger partial charge in [0, 0.05) is 9.80 Å². The monoisotopic (exact) mass is 402 g/mol. The van der Waals surface area contributed by atoms with E-state index < -0.39 is 0 Å². The highest BCUT2D eigenvalue weighted by atomic mass is 79.9. The van der Waals surface area contributed by atoms with Crippen molar-refractivity contribution >= 4 is 31.9 Å². The van der Waals surface area contributed by atoms with Crippen molar-refractivity contribution in [1.29, 1.82) is 0 Å². The first-order valence-electron chi connectivity index (χ1n) is 7.36. The molecule has 0 bridgehead atoms. The van der Waals surface area contributed by atoms with E-state index in [1.165, 1.54) is 18.4 Å². The average Bonchev–Trinajstić information content (AvgIpc) is 2.34. The lowest BCUT2D eigenvalue weighted by Gasteiger charge is -2.40. The van der Waals surface area contributed by atoms with Gasteiger partial charge in [0.15, 0.2) is 0 Å². The van der Waals surface area contributed by atoms with Crippen molar-refractivity contribution in [2.24, 2.45) is 11.3 Å². The van der Waals surface area contributed by atoms with E-state index in [2.05, 4.69) is 76.9 Å². The maximum Gasteiger partial charge on any atom is 0.0925 e. The van der Waals surface area contributed by atoms with E-state index in [9.17, 15) is 0 Å². The lowest BCUT2D eigenvalue weighted by Crippen LogP contribution is -2.33. The van der Waals surface area contributed by atoms with Gasteiger partial charge in [-0.05, 0) is 48.3 Å². The molecular formula is C17H24Br2O. The van der Waals surface area contributed by atoms with E-state index >= 15 is 0 Å². The number of rotatable bonds is 4. The molecule has 1 fully saturated rings. The number of alkyl halides is 1. The molecule has 0 radical (unpaired) electrons.